The first-order valence-electron chi connectivity index (χ1n) is 11.2. The molecule has 7 heteroatoms. The quantitative estimate of drug-likeness (QED) is 0.754. The van der Waals surface area contributed by atoms with Gasteiger partial charge in [-0.15, -0.1) is 0 Å². The normalized spacial score (nSPS) is 22.3. The molecule has 162 valence electrons. The summed E-state index contributed by atoms with van der Waals surface area (Å²) in [4.78, 5) is 5.23. The number of nitrogen functional groups attached to an aromatic ring is 1. The maximum absolute atomic E-state index is 6.25. The van der Waals surface area contributed by atoms with E-state index in [1.165, 1.54) is 44.5 Å². The van der Waals surface area contributed by atoms with E-state index in [4.69, 9.17) is 10.5 Å². The molecule has 2 aliphatic heterocycles. The van der Waals surface area contributed by atoms with Gasteiger partial charge in [-0.3, -0.25) is 9.58 Å². The van der Waals surface area contributed by atoms with Crippen LogP contribution in [0.25, 0.3) is 11.1 Å². The van der Waals surface area contributed by atoms with Gasteiger partial charge >= 0.3 is 0 Å². The zero-order valence-corrected chi connectivity index (χ0v) is 18.2. The monoisotopic (exact) mass is 410 g/mol. The van der Waals surface area contributed by atoms with Crippen LogP contribution >= 0.6 is 0 Å². The molecule has 1 saturated carbocycles. The van der Waals surface area contributed by atoms with E-state index >= 15 is 0 Å². The number of nitrogens with zero attached hydrogens (tertiary/aromatic N) is 4. The van der Waals surface area contributed by atoms with Gasteiger partial charge in [0.25, 0.3) is 0 Å². The fourth-order valence-electron chi connectivity index (χ4n) is 5.69. The SMILES string of the molecule is COc1cc(N2CCC3(CC2)CC(N2CCNCC2)C3)c(-c2cnn(C)c2)cc1N. The van der Waals surface area contributed by atoms with Crippen LogP contribution in [0.2, 0.25) is 0 Å². The fraction of sp³-hybridized carbons (Fsp3) is 0.609. The molecule has 3 N–H and O–H groups in total. The molecule has 3 fully saturated rings. The van der Waals surface area contributed by atoms with E-state index in [1.807, 2.05) is 24.0 Å². The number of hydrogen-bond acceptors (Lipinski definition) is 6. The lowest BCUT2D eigenvalue weighted by atomic mass is 9.60. The molecule has 0 unspecified atom stereocenters. The molecule has 30 heavy (non-hydrogen) atoms. The maximum atomic E-state index is 6.25. The van der Waals surface area contributed by atoms with Gasteiger partial charge in [0.2, 0.25) is 0 Å². The summed E-state index contributed by atoms with van der Waals surface area (Å²) in [5.41, 5.74) is 10.9. The molecule has 0 atom stereocenters. The van der Waals surface area contributed by atoms with Gasteiger partial charge in [-0.05, 0) is 37.2 Å². The van der Waals surface area contributed by atoms with Crippen LogP contribution in [0.5, 0.6) is 5.75 Å². The second-order valence-corrected chi connectivity index (χ2v) is 9.35. The highest BCUT2D eigenvalue weighted by Gasteiger charge is 2.47. The van der Waals surface area contributed by atoms with Gasteiger partial charge in [0, 0.05) is 81.4 Å². The van der Waals surface area contributed by atoms with Crippen LogP contribution < -0.4 is 20.7 Å². The number of nitrogens with one attached hydrogen (secondary N) is 1. The third-order valence-corrected chi connectivity index (χ3v) is 7.53. The van der Waals surface area contributed by atoms with Gasteiger partial charge < -0.3 is 20.7 Å². The lowest BCUT2D eigenvalue weighted by molar-refractivity contribution is -0.0208. The molecule has 7 nitrogen and oxygen atoms in total. The minimum absolute atomic E-state index is 0.554. The Morgan fingerprint density at radius 2 is 1.87 bits per heavy atom. The molecule has 0 bridgehead atoms. The van der Waals surface area contributed by atoms with Crippen LogP contribution in [-0.4, -0.2) is 67.1 Å². The number of rotatable bonds is 4. The maximum Gasteiger partial charge on any atom is 0.143 e. The molecular formula is C23H34N6O. The fourth-order valence-corrected chi connectivity index (χ4v) is 5.69. The molecule has 1 aromatic heterocycles. The number of hydrogen-bond donors (Lipinski definition) is 2. The average Bonchev–Trinajstić information content (AvgIpc) is 3.19. The van der Waals surface area contributed by atoms with E-state index in [0.29, 0.717) is 11.1 Å². The van der Waals surface area contributed by atoms with Crippen molar-refractivity contribution >= 4 is 11.4 Å². The Morgan fingerprint density at radius 3 is 2.50 bits per heavy atom. The number of aromatic nitrogens is 2. The minimum Gasteiger partial charge on any atom is -0.495 e. The first kappa shape index (κ1) is 19.7. The van der Waals surface area contributed by atoms with Crippen molar-refractivity contribution in [1.82, 2.24) is 20.0 Å². The van der Waals surface area contributed by atoms with Gasteiger partial charge in [0.05, 0.1) is 19.0 Å². The van der Waals surface area contributed by atoms with E-state index in [1.54, 1.807) is 7.11 Å². The number of anilines is 2. The van der Waals surface area contributed by atoms with E-state index in [-0.39, 0.29) is 0 Å². The summed E-state index contributed by atoms with van der Waals surface area (Å²) in [5, 5.41) is 7.84. The third kappa shape index (κ3) is 3.54. The minimum atomic E-state index is 0.554. The summed E-state index contributed by atoms with van der Waals surface area (Å²) in [6, 6.07) is 4.96. The largest absolute Gasteiger partial charge is 0.495 e. The smallest absolute Gasteiger partial charge is 0.143 e. The zero-order valence-electron chi connectivity index (χ0n) is 18.2. The Morgan fingerprint density at radius 1 is 1.13 bits per heavy atom. The number of benzene rings is 1. The summed E-state index contributed by atoms with van der Waals surface area (Å²) in [5.74, 6) is 0.750. The Hall–Kier alpha value is -2.25. The highest BCUT2D eigenvalue weighted by molar-refractivity contribution is 5.83. The van der Waals surface area contributed by atoms with Gasteiger partial charge in [-0.1, -0.05) is 0 Å². The predicted molar refractivity (Wildman–Crippen MR) is 121 cm³/mol. The van der Waals surface area contributed by atoms with Crippen LogP contribution in [-0.2, 0) is 7.05 Å². The van der Waals surface area contributed by atoms with E-state index in [2.05, 4.69) is 32.5 Å². The number of piperidine rings is 1. The third-order valence-electron chi connectivity index (χ3n) is 7.53. The molecule has 3 heterocycles. The molecule has 1 spiro atoms. The molecule has 0 radical (unpaired) electrons. The van der Waals surface area contributed by atoms with Gasteiger partial charge in [0.15, 0.2) is 0 Å². The van der Waals surface area contributed by atoms with Crippen LogP contribution in [0.3, 0.4) is 0 Å². The van der Waals surface area contributed by atoms with Crippen LogP contribution in [0.4, 0.5) is 11.4 Å². The first-order chi connectivity index (χ1) is 14.6. The van der Waals surface area contributed by atoms with Crippen molar-refractivity contribution in [3.63, 3.8) is 0 Å². The Bertz CT molecular complexity index is 887. The van der Waals surface area contributed by atoms with Crippen molar-refractivity contribution < 1.29 is 4.74 Å². The molecule has 1 aliphatic carbocycles. The summed E-state index contributed by atoms with van der Waals surface area (Å²) >= 11 is 0. The number of methoxy groups -OCH3 is 1. The second kappa shape index (κ2) is 7.78. The van der Waals surface area contributed by atoms with Gasteiger partial charge in [0.1, 0.15) is 5.75 Å². The molecular weight excluding hydrogens is 376 g/mol. The Kier molecular flexibility index (Phi) is 5.11. The van der Waals surface area contributed by atoms with Crippen molar-refractivity contribution in [3.05, 3.63) is 24.5 Å². The zero-order chi connectivity index (χ0) is 20.7. The number of nitrogens with two attached hydrogens (primary N) is 1. The van der Waals surface area contributed by atoms with E-state index in [9.17, 15) is 0 Å². The van der Waals surface area contributed by atoms with Gasteiger partial charge in [-0.25, -0.2) is 0 Å². The molecule has 3 aliphatic rings. The van der Waals surface area contributed by atoms with Crippen molar-refractivity contribution in [2.24, 2.45) is 12.5 Å². The Balaban J connectivity index is 1.31. The first-order valence-corrected chi connectivity index (χ1v) is 11.2. The summed E-state index contributed by atoms with van der Waals surface area (Å²) in [6.45, 7) is 6.91. The highest BCUT2D eigenvalue weighted by atomic mass is 16.5. The second-order valence-electron chi connectivity index (χ2n) is 9.35. The standard InChI is InChI=1S/C23H34N6O/c1-27-16-17(15-26-27)19-11-20(24)22(30-2)12-21(19)29-7-3-23(4-8-29)13-18(14-23)28-9-5-25-6-10-28/h11-12,15-16,18,25H,3-10,13-14,24H2,1-2H3. The topological polar surface area (TPSA) is 71.6 Å². The molecule has 1 aromatic carbocycles. The highest BCUT2D eigenvalue weighted by Crippen LogP contribution is 2.52. The summed E-state index contributed by atoms with van der Waals surface area (Å²) in [6.07, 6.45) is 9.27. The number of piperazine rings is 1. The number of ether oxygens (including phenoxy) is 1. The van der Waals surface area contributed by atoms with Crippen molar-refractivity contribution in [1.29, 1.82) is 0 Å². The molecule has 2 aromatic rings. The van der Waals surface area contributed by atoms with Crippen LogP contribution in [0.1, 0.15) is 25.7 Å². The summed E-state index contributed by atoms with van der Waals surface area (Å²) in [7, 11) is 3.64. The van der Waals surface area contributed by atoms with Crippen molar-refractivity contribution in [2.45, 2.75) is 31.7 Å². The van der Waals surface area contributed by atoms with E-state index < -0.39 is 0 Å². The van der Waals surface area contributed by atoms with Crippen LogP contribution in [0, 0.1) is 5.41 Å². The molecule has 2 saturated heterocycles. The van der Waals surface area contributed by atoms with E-state index in [0.717, 1.165) is 49.1 Å². The Labute approximate surface area is 179 Å². The number of aryl methyl sites for hydroxylation is 1. The van der Waals surface area contributed by atoms with Crippen molar-refractivity contribution in [3.8, 4) is 16.9 Å². The van der Waals surface area contributed by atoms with Crippen LogP contribution in [0.15, 0.2) is 24.5 Å². The average molecular weight is 411 g/mol. The predicted octanol–water partition coefficient (Wildman–Crippen LogP) is 2.33. The molecule has 5 rings (SSSR count). The van der Waals surface area contributed by atoms with Gasteiger partial charge in [-0.2, -0.15) is 5.10 Å². The van der Waals surface area contributed by atoms with Crippen molar-refractivity contribution in [2.75, 3.05) is 57.0 Å². The molecule has 0 amide bonds. The summed E-state index contributed by atoms with van der Waals surface area (Å²) < 4.78 is 7.39. The lowest BCUT2D eigenvalue weighted by Gasteiger charge is -2.56. The lowest BCUT2D eigenvalue weighted by Crippen LogP contribution is -2.58.